The van der Waals surface area contributed by atoms with Crippen molar-refractivity contribution < 1.29 is 17.6 Å². The average molecular weight is 634 g/mol. The van der Waals surface area contributed by atoms with Gasteiger partial charge < -0.3 is 16.0 Å². The molecule has 0 aliphatic carbocycles. The number of nitrogens with two attached hydrogens (primary N) is 1. The van der Waals surface area contributed by atoms with Crippen molar-refractivity contribution in [1.82, 2.24) is 35.1 Å². The third-order valence-corrected chi connectivity index (χ3v) is 8.54. The molecule has 0 saturated heterocycles. The topological polar surface area (TPSA) is 185 Å². The molecule has 228 valence electrons. The van der Waals surface area contributed by atoms with Crippen LogP contribution in [0.15, 0.2) is 91.4 Å². The predicted octanol–water partition coefficient (Wildman–Crippen LogP) is 5.02. The van der Waals surface area contributed by atoms with Crippen LogP contribution in [0, 0.1) is 5.82 Å². The maximum absolute atomic E-state index is 14.7. The van der Waals surface area contributed by atoms with Gasteiger partial charge in [-0.1, -0.05) is 18.2 Å². The van der Waals surface area contributed by atoms with Gasteiger partial charge in [0.2, 0.25) is 0 Å². The number of amides is 1. The number of carbonyl (C=O) groups is 1. The number of carbonyl (C=O) groups excluding carboxylic acids is 1. The van der Waals surface area contributed by atoms with Crippen molar-refractivity contribution in [2.75, 3.05) is 11.6 Å². The number of nitrogens with zero attached hydrogens (tertiary/aromatic N) is 5. The lowest BCUT2D eigenvalue weighted by Gasteiger charge is -2.12. The molecule has 12 nitrogen and oxygen atoms in total. The highest BCUT2D eigenvalue weighted by Crippen LogP contribution is 2.32. The molecular formula is C32H24FN9O3S. The zero-order chi connectivity index (χ0) is 32.0. The molecule has 5 aromatic heterocycles. The number of rotatable bonds is 7. The molecule has 0 bridgehead atoms. The van der Waals surface area contributed by atoms with Crippen LogP contribution < -0.4 is 11.1 Å². The Labute approximate surface area is 260 Å². The Morgan fingerprint density at radius 1 is 0.913 bits per heavy atom. The summed E-state index contributed by atoms with van der Waals surface area (Å²) in [4.78, 5) is 34.2. The van der Waals surface area contributed by atoms with Crippen molar-refractivity contribution in [3.63, 3.8) is 0 Å². The molecule has 1 amide bonds. The number of benzene rings is 2. The summed E-state index contributed by atoms with van der Waals surface area (Å²) in [6, 6.07) is 19.8. The minimum atomic E-state index is -3.68. The summed E-state index contributed by atoms with van der Waals surface area (Å²) in [6.45, 7) is 0. The van der Waals surface area contributed by atoms with E-state index in [2.05, 4.69) is 30.5 Å². The summed E-state index contributed by atoms with van der Waals surface area (Å²) in [6.07, 6.45) is 5.74. The quantitative estimate of drug-likeness (QED) is 0.187. The van der Waals surface area contributed by atoms with E-state index in [1.165, 1.54) is 18.3 Å². The molecule has 46 heavy (non-hydrogen) atoms. The Morgan fingerprint density at radius 3 is 2.52 bits per heavy atom. The first-order valence-corrected chi connectivity index (χ1v) is 15.9. The van der Waals surface area contributed by atoms with Crippen LogP contribution in [0.1, 0.15) is 21.3 Å². The van der Waals surface area contributed by atoms with Gasteiger partial charge in [-0.25, -0.2) is 22.8 Å². The average Bonchev–Trinajstić information content (AvgIpc) is 3.68. The van der Waals surface area contributed by atoms with E-state index in [1.54, 1.807) is 48.8 Å². The first kappa shape index (κ1) is 28.9. The van der Waals surface area contributed by atoms with Gasteiger partial charge >= 0.3 is 0 Å². The molecule has 14 heteroatoms. The molecule has 0 fully saturated rings. The molecular weight excluding hydrogens is 609 g/mol. The van der Waals surface area contributed by atoms with Gasteiger partial charge in [0.25, 0.3) is 5.91 Å². The van der Waals surface area contributed by atoms with Gasteiger partial charge in [0.05, 0.1) is 34.3 Å². The van der Waals surface area contributed by atoms with E-state index in [1.807, 2.05) is 18.2 Å². The molecule has 2 aromatic carbocycles. The largest absolute Gasteiger partial charge is 0.336 e. The van der Waals surface area contributed by atoms with Crippen molar-refractivity contribution in [2.45, 2.75) is 5.37 Å². The zero-order valence-electron chi connectivity index (χ0n) is 24.1. The van der Waals surface area contributed by atoms with Crippen LogP contribution in [0.4, 0.5) is 10.1 Å². The van der Waals surface area contributed by atoms with Crippen LogP contribution in [0.25, 0.3) is 56.1 Å². The van der Waals surface area contributed by atoms with Crippen molar-refractivity contribution in [1.29, 1.82) is 0 Å². The summed E-state index contributed by atoms with van der Waals surface area (Å²) in [7, 11) is -3.68. The van der Waals surface area contributed by atoms with Crippen LogP contribution in [0.3, 0.4) is 0 Å². The number of hydrogen-bond donors (Lipinski definition) is 4. The predicted molar refractivity (Wildman–Crippen MR) is 172 cm³/mol. The molecule has 0 radical (unpaired) electrons. The molecule has 0 aliphatic rings. The van der Waals surface area contributed by atoms with Crippen LogP contribution in [-0.2, 0) is 9.84 Å². The van der Waals surface area contributed by atoms with Crippen LogP contribution >= 0.6 is 0 Å². The first-order chi connectivity index (χ1) is 22.1. The fourth-order valence-electron chi connectivity index (χ4n) is 5.09. The first-order valence-electron chi connectivity index (χ1n) is 13.9. The second-order valence-electron chi connectivity index (χ2n) is 10.6. The van der Waals surface area contributed by atoms with Crippen LogP contribution in [-0.4, -0.2) is 55.7 Å². The maximum atomic E-state index is 14.7. The van der Waals surface area contributed by atoms with Crippen molar-refractivity contribution in [3.05, 3.63) is 108 Å². The maximum Gasteiger partial charge on any atom is 0.255 e. The van der Waals surface area contributed by atoms with E-state index >= 15 is 0 Å². The number of imidazole rings is 1. The van der Waals surface area contributed by atoms with Gasteiger partial charge in [-0.05, 0) is 60.2 Å². The smallest absolute Gasteiger partial charge is 0.255 e. The van der Waals surface area contributed by atoms with Gasteiger partial charge in [-0.15, -0.1) is 0 Å². The second-order valence-corrected chi connectivity index (χ2v) is 12.8. The van der Waals surface area contributed by atoms with Gasteiger partial charge in [0.1, 0.15) is 22.2 Å². The minimum Gasteiger partial charge on any atom is -0.336 e. The van der Waals surface area contributed by atoms with Gasteiger partial charge in [0.15, 0.2) is 21.4 Å². The number of nitrogens with one attached hydrogen (secondary N) is 3. The van der Waals surface area contributed by atoms with Crippen molar-refractivity contribution >= 4 is 43.5 Å². The number of anilines is 1. The zero-order valence-corrected chi connectivity index (χ0v) is 24.9. The highest BCUT2D eigenvalue weighted by atomic mass is 32.2. The summed E-state index contributed by atoms with van der Waals surface area (Å²) in [5.74, 6) is -0.535. The molecule has 5 heterocycles. The number of hydrogen-bond acceptors (Lipinski definition) is 9. The van der Waals surface area contributed by atoms with E-state index in [0.29, 0.717) is 67.4 Å². The number of halogens is 1. The highest BCUT2D eigenvalue weighted by molar-refractivity contribution is 7.90. The fourth-order valence-corrected chi connectivity index (χ4v) is 5.72. The summed E-state index contributed by atoms with van der Waals surface area (Å²) >= 11 is 0. The van der Waals surface area contributed by atoms with Gasteiger partial charge in [-0.2, -0.15) is 5.10 Å². The SMILES string of the molecule is CS(=O)(=O)C(N)c1cc(F)cc(-c2nccc3[nH]c(-c4n[nH]c5ccc(-c6cncc(NC(=O)c7ccccc7)c6)nc45)nc23)c1. The molecule has 0 spiro atoms. The van der Waals surface area contributed by atoms with Crippen molar-refractivity contribution in [2.24, 2.45) is 5.73 Å². The molecule has 1 atom stereocenters. The Kier molecular flexibility index (Phi) is 7.06. The van der Waals surface area contributed by atoms with E-state index in [0.717, 1.165) is 12.3 Å². The lowest BCUT2D eigenvalue weighted by molar-refractivity contribution is 0.102. The van der Waals surface area contributed by atoms with E-state index in [-0.39, 0.29) is 11.5 Å². The van der Waals surface area contributed by atoms with E-state index in [4.69, 9.17) is 15.7 Å². The standard InChI is InChI=1S/C32H24FN9O3S/c1-46(44,45)30(34)19-11-18(12-21(33)13-19)26-27-24(9-10-36-26)39-31(40-27)29-28-25(41-42-29)8-7-23(38-28)20-14-22(16-35-15-20)37-32(43)17-5-3-2-4-6-17/h2-16,30H,34H2,1H3,(H,37,43)(H,39,40)(H,41,42). The molecule has 5 N–H and O–H groups in total. The summed E-state index contributed by atoms with van der Waals surface area (Å²) < 4.78 is 38.8. The molecule has 0 saturated carbocycles. The number of pyridine rings is 3. The number of sulfone groups is 1. The molecule has 0 aliphatic heterocycles. The molecule has 1 unspecified atom stereocenters. The lowest BCUT2D eigenvalue weighted by Crippen LogP contribution is -2.20. The van der Waals surface area contributed by atoms with Gasteiger partial charge in [0, 0.05) is 35.3 Å². The molecule has 7 rings (SSSR count). The minimum absolute atomic E-state index is 0.0975. The number of aromatic amines is 2. The Hall–Kier alpha value is -5.86. The van der Waals surface area contributed by atoms with Gasteiger partial charge in [-0.3, -0.25) is 19.9 Å². The fraction of sp³-hybridized carbons (Fsp3) is 0.0625. The highest BCUT2D eigenvalue weighted by Gasteiger charge is 2.22. The second kappa shape index (κ2) is 11.3. The Morgan fingerprint density at radius 2 is 1.72 bits per heavy atom. The number of fused-ring (bicyclic) bond motifs is 2. The van der Waals surface area contributed by atoms with Crippen molar-refractivity contribution in [3.8, 4) is 34.0 Å². The third kappa shape index (κ3) is 5.46. The Bertz CT molecular complexity index is 2390. The number of aromatic nitrogens is 7. The summed E-state index contributed by atoms with van der Waals surface area (Å²) in [5, 5.41) is 8.88. The van der Waals surface area contributed by atoms with Crippen LogP contribution in [0.5, 0.6) is 0 Å². The van der Waals surface area contributed by atoms with E-state index < -0.39 is 21.0 Å². The summed E-state index contributed by atoms with van der Waals surface area (Å²) in [5.41, 5.74) is 11.6. The lowest BCUT2D eigenvalue weighted by atomic mass is 10.1. The third-order valence-electron chi connectivity index (χ3n) is 7.34. The molecule has 7 aromatic rings. The number of H-pyrrole nitrogens is 2. The van der Waals surface area contributed by atoms with Crippen LogP contribution in [0.2, 0.25) is 0 Å². The Balaban J connectivity index is 1.25. The normalized spacial score (nSPS) is 12.4. The van der Waals surface area contributed by atoms with E-state index in [9.17, 15) is 17.6 Å². The monoisotopic (exact) mass is 633 g/mol.